The maximum Gasteiger partial charge on any atom is 0.472 e. The molecule has 0 fully saturated rings. The molecule has 0 aliphatic heterocycles. The largest absolute Gasteiger partial charge is 0.472 e. The van der Waals surface area contributed by atoms with Crippen molar-refractivity contribution in [1.82, 2.24) is 5.32 Å². The molecule has 3 atom stereocenters. The first-order valence-corrected chi connectivity index (χ1v) is 21.2. The van der Waals surface area contributed by atoms with Gasteiger partial charge in [-0.15, -0.1) is 0 Å². The summed E-state index contributed by atoms with van der Waals surface area (Å²) >= 11 is 0. The van der Waals surface area contributed by atoms with Crippen molar-refractivity contribution >= 4 is 13.7 Å². The Labute approximate surface area is 307 Å². The third-order valence-corrected chi connectivity index (χ3v) is 9.18. The monoisotopic (exact) mass is 724 g/mol. The first-order chi connectivity index (χ1) is 24.0. The number of aliphatic hydroxyl groups is 1. The van der Waals surface area contributed by atoms with Crippen molar-refractivity contribution in [1.29, 1.82) is 0 Å². The van der Waals surface area contributed by atoms with Gasteiger partial charge in [-0.2, -0.15) is 0 Å². The number of carbonyl (C=O) groups excluding carboxylic acids is 1. The molecule has 8 nitrogen and oxygen atoms in total. The summed E-state index contributed by atoms with van der Waals surface area (Å²) in [4.78, 5) is 23.0. The number of aliphatic hydroxyl groups excluding tert-OH is 1. The minimum atomic E-state index is -4.34. The van der Waals surface area contributed by atoms with Gasteiger partial charge in [-0.05, 0) is 70.6 Å². The summed E-state index contributed by atoms with van der Waals surface area (Å²) < 4.78 is 23.4. The van der Waals surface area contributed by atoms with E-state index in [0.717, 1.165) is 70.6 Å². The van der Waals surface area contributed by atoms with Crippen molar-refractivity contribution in [3.05, 3.63) is 60.8 Å². The number of quaternary nitrogens is 1. The number of likely N-dealkylation sites (N-methyl/N-ethyl adjacent to an activating group) is 1. The lowest BCUT2D eigenvalue weighted by Gasteiger charge is -2.25. The normalized spacial score (nSPS) is 15.3. The second-order valence-corrected chi connectivity index (χ2v) is 15.7. The van der Waals surface area contributed by atoms with Gasteiger partial charge >= 0.3 is 7.82 Å². The van der Waals surface area contributed by atoms with E-state index >= 15 is 0 Å². The Kier molecular flexibility index (Phi) is 31.9. The SMILES string of the molecule is CC/C=C/CC/C=C/CC/C=C/C(O)C(COP(=O)(O)OCC[N+](C)(C)C)NC(=O)CCCCCCCCC/C=C\C/C=C\CCCCCC. The van der Waals surface area contributed by atoms with Crippen molar-refractivity contribution in [2.75, 3.05) is 40.9 Å². The third-order valence-electron chi connectivity index (χ3n) is 8.20. The maximum atomic E-state index is 12.8. The van der Waals surface area contributed by atoms with Gasteiger partial charge in [0.2, 0.25) is 5.91 Å². The lowest BCUT2D eigenvalue weighted by atomic mass is 10.1. The number of phosphoric ester groups is 1. The highest BCUT2D eigenvalue weighted by Crippen LogP contribution is 2.43. The van der Waals surface area contributed by atoms with Gasteiger partial charge in [-0.1, -0.05) is 126 Å². The number of nitrogens with one attached hydrogen (secondary N) is 1. The zero-order chi connectivity index (χ0) is 37.2. The highest BCUT2D eigenvalue weighted by atomic mass is 31.2. The minimum Gasteiger partial charge on any atom is -0.387 e. The van der Waals surface area contributed by atoms with Gasteiger partial charge < -0.3 is 19.8 Å². The zero-order valence-electron chi connectivity index (χ0n) is 32.6. The van der Waals surface area contributed by atoms with E-state index in [-0.39, 0.29) is 19.1 Å². The molecule has 50 heavy (non-hydrogen) atoms. The number of hydrogen-bond donors (Lipinski definition) is 3. The topological polar surface area (TPSA) is 105 Å². The fraction of sp³-hybridized carbons (Fsp3) is 0.732. The zero-order valence-corrected chi connectivity index (χ0v) is 33.5. The van der Waals surface area contributed by atoms with Gasteiger partial charge in [0.25, 0.3) is 0 Å². The Morgan fingerprint density at radius 3 is 1.80 bits per heavy atom. The second-order valence-electron chi connectivity index (χ2n) is 14.3. The number of unbranched alkanes of at least 4 members (excludes halogenated alkanes) is 13. The van der Waals surface area contributed by atoms with Crippen LogP contribution in [0, 0.1) is 0 Å². The highest BCUT2D eigenvalue weighted by molar-refractivity contribution is 7.47. The predicted octanol–water partition coefficient (Wildman–Crippen LogP) is 10.3. The Morgan fingerprint density at radius 1 is 0.700 bits per heavy atom. The van der Waals surface area contributed by atoms with E-state index in [2.05, 4.69) is 67.8 Å². The molecule has 0 rings (SSSR count). The van der Waals surface area contributed by atoms with Crippen LogP contribution in [0.3, 0.4) is 0 Å². The van der Waals surface area contributed by atoms with Gasteiger partial charge in [0, 0.05) is 6.42 Å². The fourth-order valence-corrected chi connectivity index (χ4v) is 5.78. The molecule has 290 valence electrons. The molecule has 0 aromatic heterocycles. The summed E-state index contributed by atoms with van der Waals surface area (Å²) in [5.41, 5.74) is 0. The van der Waals surface area contributed by atoms with Crippen molar-refractivity contribution in [2.45, 2.75) is 154 Å². The minimum absolute atomic E-state index is 0.0490. The molecule has 0 heterocycles. The summed E-state index contributed by atoms with van der Waals surface area (Å²) in [7, 11) is 1.53. The summed E-state index contributed by atoms with van der Waals surface area (Å²) in [5, 5.41) is 13.7. The van der Waals surface area contributed by atoms with E-state index in [4.69, 9.17) is 9.05 Å². The number of rotatable bonds is 34. The molecule has 1 amide bonds. The van der Waals surface area contributed by atoms with Crippen molar-refractivity contribution < 1.29 is 32.9 Å². The maximum absolute atomic E-state index is 12.8. The number of hydrogen-bond acceptors (Lipinski definition) is 5. The summed E-state index contributed by atoms with van der Waals surface area (Å²) in [5.74, 6) is -0.206. The van der Waals surface area contributed by atoms with E-state index < -0.39 is 20.0 Å². The summed E-state index contributed by atoms with van der Waals surface area (Å²) in [6.45, 7) is 4.60. The Hall–Kier alpha value is -1.80. The Bertz CT molecular complexity index is 1000. The van der Waals surface area contributed by atoms with Crippen LogP contribution in [0.5, 0.6) is 0 Å². The average molecular weight is 724 g/mol. The molecule has 0 spiro atoms. The average Bonchev–Trinajstić information content (AvgIpc) is 3.06. The molecule has 0 aliphatic carbocycles. The van der Waals surface area contributed by atoms with Crippen LogP contribution in [0.2, 0.25) is 0 Å². The number of phosphoric acid groups is 1. The van der Waals surface area contributed by atoms with Crippen LogP contribution >= 0.6 is 7.82 Å². The molecule has 0 aromatic carbocycles. The van der Waals surface area contributed by atoms with Gasteiger partial charge in [-0.3, -0.25) is 13.8 Å². The summed E-state index contributed by atoms with van der Waals surface area (Å²) in [6, 6.07) is -0.872. The van der Waals surface area contributed by atoms with Crippen molar-refractivity contribution in [3.8, 4) is 0 Å². The quantitative estimate of drug-likeness (QED) is 0.0264. The first-order valence-electron chi connectivity index (χ1n) is 19.7. The third kappa shape index (κ3) is 34.6. The molecule has 3 unspecified atom stereocenters. The van der Waals surface area contributed by atoms with E-state index in [9.17, 15) is 19.4 Å². The number of allylic oxidation sites excluding steroid dienone is 9. The molecule has 9 heteroatoms. The molecule has 0 aromatic rings. The van der Waals surface area contributed by atoms with Crippen molar-refractivity contribution in [3.63, 3.8) is 0 Å². The van der Waals surface area contributed by atoms with Gasteiger partial charge in [-0.25, -0.2) is 4.57 Å². The van der Waals surface area contributed by atoms with E-state index in [1.165, 1.54) is 51.4 Å². The molecule has 0 radical (unpaired) electrons. The van der Waals surface area contributed by atoms with Crippen LogP contribution in [0.15, 0.2) is 60.8 Å². The predicted molar refractivity (Wildman–Crippen MR) is 212 cm³/mol. The molecule has 0 saturated heterocycles. The van der Waals surface area contributed by atoms with Gasteiger partial charge in [0.15, 0.2) is 0 Å². The second kappa shape index (κ2) is 33.1. The molecule has 0 aliphatic rings. The number of amides is 1. The number of nitrogens with zero attached hydrogens (tertiary/aromatic N) is 1. The molecule has 3 N–H and O–H groups in total. The summed E-state index contributed by atoms with van der Waals surface area (Å²) in [6.07, 6.45) is 41.5. The molecular formula is C41H76N2O6P+. The molecule has 0 bridgehead atoms. The van der Waals surface area contributed by atoms with Crippen LogP contribution < -0.4 is 5.32 Å². The molecular weight excluding hydrogens is 647 g/mol. The van der Waals surface area contributed by atoms with Gasteiger partial charge in [0.05, 0.1) is 39.9 Å². The Morgan fingerprint density at radius 2 is 1.22 bits per heavy atom. The first kappa shape index (κ1) is 48.2. The van der Waals surface area contributed by atoms with E-state index in [1.807, 2.05) is 27.2 Å². The van der Waals surface area contributed by atoms with Gasteiger partial charge in [0.1, 0.15) is 13.2 Å². The van der Waals surface area contributed by atoms with E-state index in [0.29, 0.717) is 17.4 Å². The number of carbonyl (C=O) groups is 1. The smallest absolute Gasteiger partial charge is 0.387 e. The fourth-order valence-electron chi connectivity index (χ4n) is 5.05. The lowest BCUT2D eigenvalue weighted by Crippen LogP contribution is -2.45. The van der Waals surface area contributed by atoms with Crippen LogP contribution in [-0.4, -0.2) is 73.4 Å². The van der Waals surface area contributed by atoms with Crippen LogP contribution in [-0.2, 0) is 18.4 Å². The van der Waals surface area contributed by atoms with E-state index in [1.54, 1.807) is 6.08 Å². The van der Waals surface area contributed by atoms with Crippen LogP contribution in [0.4, 0.5) is 0 Å². The lowest BCUT2D eigenvalue weighted by molar-refractivity contribution is -0.870. The van der Waals surface area contributed by atoms with Crippen molar-refractivity contribution in [2.24, 2.45) is 0 Å². The Balaban J connectivity index is 4.49. The van der Waals surface area contributed by atoms with Crippen LogP contribution in [0.25, 0.3) is 0 Å². The highest BCUT2D eigenvalue weighted by Gasteiger charge is 2.27. The molecule has 0 saturated carbocycles. The standard InChI is InChI=1S/C41H75N2O6P/c1-6-8-10-12-14-16-18-19-20-21-22-23-24-25-27-29-31-33-35-41(45)42-39(38-49-50(46,47)48-37-36-43(3,4)5)40(44)34-32-30-28-26-17-15-13-11-9-7-2/h9,11,16-18,20-21,26,32,34,39-40,44H,6-8,10,12-15,19,22-25,27-31,33,35-38H2,1-5H3,(H-,42,45,46,47)/p+1/b11-9+,18-16-,21-20-,26-17+,34-32+. The van der Waals surface area contributed by atoms with Crippen LogP contribution in [0.1, 0.15) is 142 Å².